The number of esters is 2. The molecule has 0 aliphatic carbocycles. The largest absolute Gasteiger partial charge is 0.466 e. The number of rotatable bonds is 32. The zero-order valence-electron chi connectivity index (χ0n) is 27.4. The maximum atomic E-state index is 11.7. The molecule has 0 fully saturated rings. The van der Waals surface area contributed by atoms with Crippen molar-refractivity contribution in [2.75, 3.05) is 13.2 Å². The van der Waals surface area contributed by atoms with Crippen LogP contribution in [-0.2, 0) is 19.1 Å². The minimum absolute atomic E-state index is 0.000372. The van der Waals surface area contributed by atoms with E-state index in [-0.39, 0.29) is 11.9 Å². The van der Waals surface area contributed by atoms with Crippen LogP contribution in [0, 0.1) is 5.92 Å². The third-order valence-electron chi connectivity index (χ3n) is 8.18. The highest BCUT2D eigenvalue weighted by molar-refractivity contribution is 5.69. The van der Waals surface area contributed by atoms with E-state index in [9.17, 15) is 9.59 Å². The minimum atomic E-state index is 0.000372. The van der Waals surface area contributed by atoms with Crippen molar-refractivity contribution in [1.82, 2.24) is 0 Å². The third kappa shape index (κ3) is 31.5. The molecule has 0 unspecified atom stereocenters. The second kappa shape index (κ2) is 32.5. The van der Waals surface area contributed by atoms with Crippen LogP contribution in [0.2, 0.25) is 0 Å². The highest BCUT2D eigenvalue weighted by atomic mass is 16.5. The van der Waals surface area contributed by atoms with Crippen LogP contribution in [0.1, 0.15) is 201 Å². The lowest BCUT2D eigenvalue weighted by Crippen LogP contribution is -2.05. The zero-order chi connectivity index (χ0) is 29.4. The summed E-state index contributed by atoms with van der Waals surface area (Å²) >= 11 is 0. The van der Waals surface area contributed by atoms with Crippen LogP contribution in [0.5, 0.6) is 0 Å². The van der Waals surface area contributed by atoms with E-state index in [1.54, 1.807) is 0 Å². The molecule has 0 bridgehead atoms. The zero-order valence-corrected chi connectivity index (χ0v) is 27.4. The summed E-state index contributed by atoms with van der Waals surface area (Å²) in [6.45, 7) is 8.08. The van der Waals surface area contributed by atoms with Gasteiger partial charge in [0.1, 0.15) is 0 Å². The molecule has 0 aromatic carbocycles. The van der Waals surface area contributed by atoms with Crippen molar-refractivity contribution in [3.05, 3.63) is 0 Å². The van der Waals surface area contributed by atoms with Gasteiger partial charge in [-0.05, 0) is 31.6 Å². The van der Waals surface area contributed by atoms with Crippen molar-refractivity contribution in [3.8, 4) is 0 Å². The van der Waals surface area contributed by atoms with Crippen LogP contribution in [-0.4, -0.2) is 25.2 Å². The average molecular weight is 567 g/mol. The van der Waals surface area contributed by atoms with Crippen molar-refractivity contribution in [3.63, 3.8) is 0 Å². The monoisotopic (exact) mass is 567 g/mol. The fourth-order valence-electron chi connectivity index (χ4n) is 5.36. The van der Waals surface area contributed by atoms with Gasteiger partial charge in [-0.25, -0.2) is 0 Å². The molecule has 4 heteroatoms. The van der Waals surface area contributed by atoms with E-state index in [1.807, 2.05) is 0 Å². The Balaban J connectivity index is 3.27. The molecule has 0 aliphatic rings. The van der Waals surface area contributed by atoms with E-state index in [0.29, 0.717) is 26.1 Å². The summed E-state index contributed by atoms with van der Waals surface area (Å²) in [6.07, 6.45) is 33.6. The number of carbonyl (C=O) groups is 2. The molecule has 0 aliphatic heterocycles. The fraction of sp³-hybridized carbons (Fsp3) is 0.944. The summed E-state index contributed by atoms with van der Waals surface area (Å²) in [5.74, 6) is 0.864. The number of ether oxygens (including phenoxy) is 2. The van der Waals surface area contributed by atoms with Gasteiger partial charge in [0, 0.05) is 12.8 Å². The number of hydrogen-bond acceptors (Lipinski definition) is 4. The highest BCUT2D eigenvalue weighted by Crippen LogP contribution is 2.19. The summed E-state index contributed by atoms with van der Waals surface area (Å²) in [5, 5.41) is 0. The normalized spacial score (nSPS) is 11.3. The molecular weight excluding hydrogens is 496 g/mol. The molecule has 0 rings (SSSR count). The van der Waals surface area contributed by atoms with Gasteiger partial charge in [0.15, 0.2) is 0 Å². The van der Waals surface area contributed by atoms with Gasteiger partial charge in [-0.1, -0.05) is 162 Å². The number of unbranched alkanes of at least 4 members (excludes halogenated alkanes) is 20. The topological polar surface area (TPSA) is 52.6 Å². The Labute approximate surface area is 250 Å². The lowest BCUT2D eigenvalue weighted by molar-refractivity contribution is -0.144. The molecule has 0 radical (unpaired) electrons. The minimum Gasteiger partial charge on any atom is -0.466 e. The van der Waals surface area contributed by atoms with Crippen LogP contribution in [0.4, 0.5) is 0 Å². The van der Waals surface area contributed by atoms with Gasteiger partial charge in [0.25, 0.3) is 0 Å². The van der Waals surface area contributed by atoms with Gasteiger partial charge < -0.3 is 9.47 Å². The summed E-state index contributed by atoms with van der Waals surface area (Å²) in [4.78, 5) is 23.4. The van der Waals surface area contributed by atoms with Gasteiger partial charge in [0.2, 0.25) is 0 Å². The quantitative estimate of drug-likeness (QED) is 0.0600. The van der Waals surface area contributed by atoms with Gasteiger partial charge >= 0.3 is 11.9 Å². The Morgan fingerprint density at radius 2 is 0.725 bits per heavy atom. The first-order valence-electron chi connectivity index (χ1n) is 17.9. The predicted octanol–water partition coefficient (Wildman–Crippen LogP) is 11.7. The van der Waals surface area contributed by atoms with E-state index in [1.165, 1.54) is 128 Å². The SMILES string of the molecule is CCCCCCCC(=O)OCCCCCCCCCC(C)CCCCCCCCCOC(=O)CCCCCCC. The van der Waals surface area contributed by atoms with Crippen molar-refractivity contribution in [2.24, 2.45) is 5.92 Å². The molecule has 0 aromatic rings. The molecule has 0 saturated carbocycles. The first-order chi connectivity index (χ1) is 19.6. The van der Waals surface area contributed by atoms with Gasteiger partial charge in [-0.15, -0.1) is 0 Å². The Hall–Kier alpha value is -1.06. The predicted molar refractivity (Wildman–Crippen MR) is 172 cm³/mol. The molecule has 238 valence electrons. The number of hydrogen-bond donors (Lipinski definition) is 0. The van der Waals surface area contributed by atoms with E-state index in [0.717, 1.165) is 44.4 Å². The van der Waals surface area contributed by atoms with Crippen LogP contribution in [0.3, 0.4) is 0 Å². The molecule has 0 atom stereocenters. The lowest BCUT2D eigenvalue weighted by Gasteiger charge is -2.11. The molecule has 0 heterocycles. The van der Waals surface area contributed by atoms with Gasteiger partial charge in [0.05, 0.1) is 13.2 Å². The Morgan fingerprint density at radius 3 is 1.10 bits per heavy atom. The molecule has 0 aromatic heterocycles. The average Bonchev–Trinajstić information content (AvgIpc) is 2.94. The summed E-state index contributed by atoms with van der Waals surface area (Å²) in [6, 6.07) is 0. The molecular formula is C36H70O4. The van der Waals surface area contributed by atoms with Crippen LogP contribution in [0.15, 0.2) is 0 Å². The van der Waals surface area contributed by atoms with E-state index >= 15 is 0 Å². The smallest absolute Gasteiger partial charge is 0.305 e. The van der Waals surface area contributed by atoms with Gasteiger partial charge in [-0.2, -0.15) is 0 Å². The second-order valence-electron chi connectivity index (χ2n) is 12.4. The van der Waals surface area contributed by atoms with Crippen LogP contribution < -0.4 is 0 Å². The maximum Gasteiger partial charge on any atom is 0.305 e. The van der Waals surface area contributed by atoms with Gasteiger partial charge in [-0.3, -0.25) is 9.59 Å². The molecule has 0 amide bonds. The van der Waals surface area contributed by atoms with Crippen molar-refractivity contribution in [2.45, 2.75) is 201 Å². The molecule has 0 spiro atoms. The van der Waals surface area contributed by atoms with Crippen LogP contribution >= 0.6 is 0 Å². The first kappa shape index (κ1) is 38.9. The van der Waals surface area contributed by atoms with Crippen molar-refractivity contribution >= 4 is 11.9 Å². The Bertz CT molecular complexity index is 487. The Kier molecular flexibility index (Phi) is 31.6. The lowest BCUT2D eigenvalue weighted by atomic mass is 9.96. The fourth-order valence-corrected chi connectivity index (χ4v) is 5.36. The van der Waals surface area contributed by atoms with E-state index in [2.05, 4.69) is 20.8 Å². The van der Waals surface area contributed by atoms with Crippen molar-refractivity contribution in [1.29, 1.82) is 0 Å². The third-order valence-corrected chi connectivity index (χ3v) is 8.18. The summed E-state index contributed by atoms with van der Waals surface area (Å²) in [5.41, 5.74) is 0. The van der Waals surface area contributed by atoms with Crippen LogP contribution in [0.25, 0.3) is 0 Å². The van der Waals surface area contributed by atoms with Crippen molar-refractivity contribution < 1.29 is 19.1 Å². The summed E-state index contributed by atoms with van der Waals surface area (Å²) in [7, 11) is 0. The maximum absolute atomic E-state index is 11.7. The second-order valence-corrected chi connectivity index (χ2v) is 12.4. The molecule has 4 nitrogen and oxygen atoms in total. The highest BCUT2D eigenvalue weighted by Gasteiger charge is 2.05. The number of carbonyl (C=O) groups excluding carboxylic acids is 2. The molecule has 40 heavy (non-hydrogen) atoms. The molecule has 0 saturated heterocycles. The Morgan fingerprint density at radius 1 is 0.425 bits per heavy atom. The summed E-state index contributed by atoms with van der Waals surface area (Å²) < 4.78 is 10.7. The standard InChI is InChI=1S/C36H70O4/c1-4-6-8-16-24-30-35(37)39-32-26-20-14-10-12-18-22-28-34(3)29-23-19-13-11-15-21-27-33-40-36(38)31-25-17-9-7-5-2/h34H,4-33H2,1-3H3. The molecule has 0 N–H and O–H groups in total. The van der Waals surface area contributed by atoms with E-state index in [4.69, 9.17) is 9.47 Å². The van der Waals surface area contributed by atoms with E-state index < -0.39 is 0 Å². The first-order valence-corrected chi connectivity index (χ1v) is 17.9.